The molecule has 2 heterocycles. The highest BCUT2D eigenvalue weighted by Crippen LogP contribution is 2.37. The van der Waals surface area contributed by atoms with Gasteiger partial charge in [0.25, 0.3) is 11.5 Å². The fourth-order valence-electron chi connectivity index (χ4n) is 3.60. The molecule has 0 unspecified atom stereocenters. The number of carbonyl (C=O) groups excluding carboxylic acids is 1. The van der Waals surface area contributed by atoms with Gasteiger partial charge in [0.05, 0.1) is 22.3 Å². The number of halogens is 3. The monoisotopic (exact) mass is 568 g/mol. The van der Waals surface area contributed by atoms with Gasteiger partial charge >= 0.3 is 11.9 Å². The molecule has 2 aromatic heterocycles. The molecule has 0 atom stereocenters. The number of hydrogen-bond acceptors (Lipinski definition) is 8. The van der Waals surface area contributed by atoms with Crippen molar-refractivity contribution in [2.45, 2.75) is 6.18 Å². The van der Waals surface area contributed by atoms with Crippen LogP contribution in [-0.2, 0) is 28.0 Å². The summed E-state index contributed by atoms with van der Waals surface area (Å²) in [5.41, 5.74) is -2.87. The number of para-hydroxylation sites is 1. The first-order valence-corrected chi connectivity index (χ1v) is 13.3. The van der Waals surface area contributed by atoms with E-state index in [2.05, 4.69) is 4.37 Å². The SMILES string of the molecule is CN(C(=O)COc1ccccc1-c1nsc2ccc(-n3c(=O)cc(C(F)(F)F)n(C)c3=O)cc12)S(C)(=O)=O. The molecule has 38 heavy (non-hydrogen) atoms. The molecule has 200 valence electrons. The van der Waals surface area contributed by atoms with Crippen molar-refractivity contribution in [3.8, 4) is 22.7 Å². The second kappa shape index (κ2) is 9.72. The summed E-state index contributed by atoms with van der Waals surface area (Å²) < 4.78 is 75.1. The third-order valence-corrected chi connectivity index (χ3v) is 7.69. The van der Waals surface area contributed by atoms with E-state index in [-0.39, 0.29) is 11.4 Å². The standard InChI is InChI=1S/C23H19F3N4O6S2/c1-28-18(23(24,25)26)11-19(31)30(22(28)33)13-8-9-17-15(10-13)21(27-37-17)14-6-4-5-7-16(14)36-12-20(32)29(2)38(3,34)35/h4-11H,12H2,1-3H3. The molecule has 2 aromatic carbocycles. The topological polar surface area (TPSA) is 121 Å². The van der Waals surface area contributed by atoms with Crippen LogP contribution in [0.2, 0.25) is 0 Å². The minimum atomic E-state index is -4.89. The lowest BCUT2D eigenvalue weighted by molar-refractivity contribution is -0.144. The molecule has 0 saturated heterocycles. The maximum absolute atomic E-state index is 13.2. The number of amides is 1. The quantitative estimate of drug-likeness (QED) is 0.351. The Morgan fingerprint density at radius 3 is 2.47 bits per heavy atom. The van der Waals surface area contributed by atoms with Crippen LogP contribution < -0.4 is 16.0 Å². The Balaban J connectivity index is 1.78. The maximum Gasteiger partial charge on any atom is 0.431 e. The van der Waals surface area contributed by atoms with Gasteiger partial charge in [-0.2, -0.15) is 17.5 Å². The molecule has 0 saturated carbocycles. The molecule has 0 aliphatic carbocycles. The Morgan fingerprint density at radius 2 is 1.82 bits per heavy atom. The molecule has 4 rings (SSSR count). The average molecular weight is 569 g/mol. The third kappa shape index (κ3) is 5.06. The molecule has 0 aliphatic rings. The first kappa shape index (κ1) is 27.1. The molecule has 0 N–H and O–H groups in total. The number of alkyl halides is 3. The van der Waals surface area contributed by atoms with Gasteiger partial charge in [-0.1, -0.05) is 12.1 Å². The lowest BCUT2D eigenvalue weighted by Gasteiger charge is -2.16. The Labute approximate surface area is 217 Å². The summed E-state index contributed by atoms with van der Waals surface area (Å²) in [6.07, 6.45) is -4.01. The Morgan fingerprint density at radius 1 is 1.13 bits per heavy atom. The van der Waals surface area contributed by atoms with Crippen LogP contribution in [0.5, 0.6) is 5.75 Å². The number of benzene rings is 2. The van der Waals surface area contributed by atoms with Gasteiger partial charge in [0, 0.05) is 31.1 Å². The maximum atomic E-state index is 13.2. The van der Waals surface area contributed by atoms with Gasteiger partial charge in [-0.15, -0.1) is 0 Å². The Hall–Kier alpha value is -3.98. The van der Waals surface area contributed by atoms with Crippen LogP contribution in [0.25, 0.3) is 27.0 Å². The summed E-state index contributed by atoms with van der Waals surface area (Å²) in [7, 11) is -1.73. The van der Waals surface area contributed by atoms with E-state index in [0.717, 1.165) is 31.9 Å². The van der Waals surface area contributed by atoms with Crippen molar-refractivity contribution < 1.29 is 31.1 Å². The first-order valence-electron chi connectivity index (χ1n) is 10.7. The van der Waals surface area contributed by atoms with E-state index in [1.54, 1.807) is 30.3 Å². The normalized spacial score (nSPS) is 12.1. The van der Waals surface area contributed by atoms with E-state index >= 15 is 0 Å². The second-order valence-electron chi connectivity index (χ2n) is 8.16. The molecule has 1 amide bonds. The van der Waals surface area contributed by atoms with E-state index < -0.39 is 45.7 Å². The fourth-order valence-corrected chi connectivity index (χ4v) is 4.79. The number of sulfonamides is 1. The lowest BCUT2D eigenvalue weighted by atomic mass is 10.1. The number of carbonyl (C=O) groups is 1. The molecule has 0 aliphatic heterocycles. The summed E-state index contributed by atoms with van der Waals surface area (Å²) in [6.45, 7) is -0.578. The molecule has 0 fully saturated rings. The lowest BCUT2D eigenvalue weighted by Crippen LogP contribution is -2.40. The number of hydrogen-bond donors (Lipinski definition) is 0. The molecular weight excluding hydrogens is 549 g/mol. The average Bonchev–Trinajstić information content (AvgIpc) is 3.26. The zero-order valence-electron chi connectivity index (χ0n) is 20.0. The summed E-state index contributed by atoms with van der Waals surface area (Å²) in [6, 6.07) is 11.3. The number of rotatable bonds is 6. The first-order chi connectivity index (χ1) is 17.7. The van der Waals surface area contributed by atoms with Gasteiger partial charge in [-0.05, 0) is 41.9 Å². The van der Waals surface area contributed by atoms with Crippen molar-refractivity contribution in [3.05, 3.63) is 75.1 Å². The fraction of sp³-hybridized carbons (Fsp3) is 0.217. The van der Waals surface area contributed by atoms with Crippen LogP contribution in [0.15, 0.2) is 58.1 Å². The van der Waals surface area contributed by atoms with Gasteiger partial charge in [0.15, 0.2) is 6.61 Å². The molecule has 10 nitrogen and oxygen atoms in total. The van der Waals surface area contributed by atoms with E-state index in [1.807, 2.05) is 0 Å². The smallest absolute Gasteiger partial charge is 0.431 e. The predicted octanol–water partition coefficient (Wildman–Crippen LogP) is 2.63. The molecular formula is C23H19F3N4O6S2. The van der Waals surface area contributed by atoms with Crippen molar-refractivity contribution in [1.82, 2.24) is 17.8 Å². The number of likely N-dealkylation sites (N-methyl/N-ethyl adjacent to an activating group) is 1. The molecule has 4 aromatic rings. The second-order valence-corrected chi connectivity index (χ2v) is 11.0. The zero-order valence-corrected chi connectivity index (χ0v) is 21.6. The van der Waals surface area contributed by atoms with E-state index in [0.29, 0.717) is 40.8 Å². The number of aromatic nitrogens is 3. The van der Waals surface area contributed by atoms with Gasteiger partial charge in [0.2, 0.25) is 10.0 Å². The van der Waals surface area contributed by atoms with Crippen molar-refractivity contribution >= 4 is 37.5 Å². The minimum absolute atomic E-state index is 0.0293. The van der Waals surface area contributed by atoms with Crippen LogP contribution in [0.1, 0.15) is 5.69 Å². The number of fused-ring (bicyclic) bond motifs is 1. The van der Waals surface area contributed by atoms with Gasteiger partial charge in [-0.25, -0.2) is 22.1 Å². The summed E-state index contributed by atoms with van der Waals surface area (Å²) in [5, 5.41) is 0.469. The number of ether oxygens (including phenoxy) is 1. The van der Waals surface area contributed by atoms with Crippen LogP contribution in [0.3, 0.4) is 0 Å². The van der Waals surface area contributed by atoms with Crippen molar-refractivity contribution in [2.75, 3.05) is 19.9 Å². The van der Waals surface area contributed by atoms with Gasteiger partial charge in [-0.3, -0.25) is 14.2 Å². The highest BCUT2D eigenvalue weighted by molar-refractivity contribution is 7.88. The molecule has 0 radical (unpaired) electrons. The van der Waals surface area contributed by atoms with Crippen LogP contribution in [0.4, 0.5) is 13.2 Å². The van der Waals surface area contributed by atoms with E-state index in [4.69, 9.17) is 4.74 Å². The van der Waals surface area contributed by atoms with Crippen molar-refractivity contribution in [2.24, 2.45) is 7.05 Å². The Bertz CT molecular complexity index is 1790. The largest absolute Gasteiger partial charge is 0.483 e. The highest BCUT2D eigenvalue weighted by atomic mass is 32.2. The van der Waals surface area contributed by atoms with Crippen molar-refractivity contribution in [3.63, 3.8) is 0 Å². The van der Waals surface area contributed by atoms with Gasteiger partial charge < -0.3 is 4.74 Å². The van der Waals surface area contributed by atoms with Crippen LogP contribution in [0, 0.1) is 0 Å². The predicted molar refractivity (Wildman–Crippen MR) is 134 cm³/mol. The summed E-state index contributed by atoms with van der Waals surface area (Å²) in [4.78, 5) is 37.5. The summed E-state index contributed by atoms with van der Waals surface area (Å²) >= 11 is 1.09. The van der Waals surface area contributed by atoms with Crippen LogP contribution in [-0.4, -0.2) is 52.0 Å². The highest BCUT2D eigenvalue weighted by Gasteiger charge is 2.35. The third-order valence-electron chi connectivity index (χ3n) is 5.66. The van der Waals surface area contributed by atoms with E-state index in [1.165, 1.54) is 12.1 Å². The summed E-state index contributed by atoms with van der Waals surface area (Å²) in [5.74, 6) is -0.590. The van der Waals surface area contributed by atoms with Crippen molar-refractivity contribution in [1.29, 1.82) is 0 Å². The van der Waals surface area contributed by atoms with Crippen LogP contribution >= 0.6 is 11.5 Å². The molecule has 15 heteroatoms. The molecule has 0 spiro atoms. The van der Waals surface area contributed by atoms with E-state index in [9.17, 15) is 36.0 Å². The number of nitrogens with zero attached hydrogens (tertiary/aromatic N) is 4. The molecule has 0 bridgehead atoms. The van der Waals surface area contributed by atoms with Gasteiger partial charge in [0.1, 0.15) is 11.4 Å². The Kier molecular flexibility index (Phi) is 6.92. The zero-order chi connectivity index (χ0) is 28.0. The minimum Gasteiger partial charge on any atom is -0.483 e.